The molecule has 1 N–H and O–H groups in total. The van der Waals surface area contributed by atoms with Crippen LogP contribution in [0.1, 0.15) is 64.7 Å². The summed E-state index contributed by atoms with van der Waals surface area (Å²) in [4.78, 5) is 52.2. The number of aliphatic hydroxyl groups excluding tert-OH is 1. The Morgan fingerprint density at radius 2 is 1.72 bits per heavy atom. The minimum Gasteiger partial charge on any atom is -0.458 e. The highest BCUT2D eigenvalue weighted by Gasteiger charge is 2.60. The molecule has 2 aliphatic rings. The minimum atomic E-state index is -1.59. The maximum Gasteiger partial charge on any atom is 0.338 e. The van der Waals surface area contributed by atoms with E-state index in [0.29, 0.717) is 11.1 Å². The van der Waals surface area contributed by atoms with E-state index in [1.54, 1.807) is 76.3 Å². The molecule has 6 atom stereocenters. The van der Waals surface area contributed by atoms with Crippen LogP contribution in [-0.2, 0) is 23.9 Å². The van der Waals surface area contributed by atoms with E-state index in [4.69, 9.17) is 9.47 Å². The highest BCUT2D eigenvalue weighted by Crippen LogP contribution is 2.48. The molecule has 1 aromatic rings. The van der Waals surface area contributed by atoms with Crippen LogP contribution in [0, 0.1) is 23.2 Å². The molecule has 0 saturated heterocycles. The Morgan fingerprint density at radius 1 is 1.08 bits per heavy atom. The molecule has 0 bridgehead atoms. The number of carbonyl (C=O) groups excluding carboxylic acids is 4. The molecule has 0 spiro atoms. The second-order valence-corrected chi connectivity index (χ2v) is 10.7. The van der Waals surface area contributed by atoms with E-state index in [-0.39, 0.29) is 30.3 Å². The van der Waals surface area contributed by atoms with Gasteiger partial charge in [-0.15, -0.1) is 0 Å². The lowest BCUT2D eigenvalue weighted by atomic mass is 9.76. The molecule has 194 valence electrons. The first kappa shape index (κ1) is 27.5. The Balaban J connectivity index is 2.15. The molecule has 7 heteroatoms. The fourth-order valence-electron chi connectivity index (χ4n) is 5.16. The first-order chi connectivity index (χ1) is 16.8. The second kappa shape index (κ2) is 10.5. The lowest BCUT2D eigenvalue weighted by Crippen LogP contribution is -2.50. The molecule has 1 saturated carbocycles. The highest BCUT2D eigenvalue weighted by molar-refractivity contribution is 5.94. The average molecular weight is 497 g/mol. The smallest absolute Gasteiger partial charge is 0.338 e. The fourth-order valence-corrected chi connectivity index (χ4v) is 5.16. The first-order valence-corrected chi connectivity index (χ1v) is 12.4. The average Bonchev–Trinajstić information content (AvgIpc) is 3.07. The van der Waals surface area contributed by atoms with Crippen LogP contribution >= 0.6 is 0 Å². The summed E-state index contributed by atoms with van der Waals surface area (Å²) >= 11 is 0. The maximum atomic E-state index is 14.0. The van der Waals surface area contributed by atoms with Crippen molar-refractivity contribution in [2.24, 2.45) is 23.2 Å². The van der Waals surface area contributed by atoms with Crippen molar-refractivity contribution in [3.63, 3.8) is 0 Å². The van der Waals surface area contributed by atoms with Crippen molar-refractivity contribution in [1.82, 2.24) is 0 Å². The van der Waals surface area contributed by atoms with E-state index >= 15 is 0 Å². The summed E-state index contributed by atoms with van der Waals surface area (Å²) in [7, 11) is 0. The van der Waals surface area contributed by atoms with Gasteiger partial charge >= 0.3 is 11.9 Å². The SMILES string of the molecule is CC(=O)O[C@]12C[C@@H](C)[C@H](OC(=O)c3ccccc3)[C@@H]1C=C(C)[C@H](O)CC(=O)C(C)(C)C=C[C@@H](C)C2=O. The van der Waals surface area contributed by atoms with Gasteiger partial charge in [-0.05, 0) is 44.4 Å². The lowest BCUT2D eigenvalue weighted by molar-refractivity contribution is -0.171. The summed E-state index contributed by atoms with van der Waals surface area (Å²) in [6, 6.07) is 8.52. The molecule has 0 amide bonds. The molecule has 1 aromatic carbocycles. The van der Waals surface area contributed by atoms with Gasteiger partial charge in [0.25, 0.3) is 0 Å². The number of hydrogen-bond acceptors (Lipinski definition) is 7. The number of esters is 2. The van der Waals surface area contributed by atoms with Crippen molar-refractivity contribution in [3.05, 3.63) is 59.7 Å². The standard InChI is InChI=1S/C29H36O7/c1-17-12-13-28(5,6)24(32)15-23(31)18(2)14-22-25(35-27(34)21-10-8-7-9-11-21)19(3)16-29(22,26(17)33)36-20(4)30/h7-14,17,19,22-23,25,31H,15-16H2,1-6H3/t17-,19-,22+,23-,25+,29-/m1/s1. The van der Waals surface area contributed by atoms with Crippen LogP contribution in [0.15, 0.2) is 54.1 Å². The van der Waals surface area contributed by atoms with E-state index in [1.807, 2.05) is 6.92 Å². The number of ether oxygens (including phenoxy) is 2. The molecule has 0 aliphatic heterocycles. The third kappa shape index (κ3) is 5.51. The number of allylic oxidation sites excluding steroid dienone is 2. The number of hydrogen-bond donors (Lipinski definition) is 1. The van der Waals surface area contributed by atoms with E-state index in [9.17, 15) is 24.3 Å². The molecule has 0 unspecified atom stereocenters. The Labute approximate surface area is 212 Å². The fraction of sp³-hybridized carbons (Fsp3) is 0.517. The zero-order valence-corrected chi connectivity index (χ0v) is 21.8. The van der Waals surface area contributed by atoms with Gasteiger partial charge in [0, 0.05) is 31.1 Å². The number of carbonyl (C=O) groups is 4. The summed E-state index contributed by atoms with van der Waals surface area (Å²) in [5.74, 6) is -3.53. The number of ketones is 2. The Morgan fingerprint density at radius 3 is 2.33 bits per heavy atom. The minimum absolute atomic E-state index is 0.112. The maximum absolute atomic E-state index is 14.0. The predicted octanol–water partition coefficient (Wildman–Crippen LogP) is 4.24. The van der Waals surface area contributed by atoms with Gasteiger partial charge in [-0.1, -0.05) is 50.3 Å². The molecule has 0 aromatic heterocycles. The van der Waals surface area contributed by atoms with Crippen LogP contribution in [-0.4, -0.2) is 46.4 Å². The Kier molecular flexibility index (Phi) is 8.04. The molecule has 3 rings (SSSR count). The molecule has 2 aliphatic carbocycles. The molecule has 7 nitrogen and oxygen atoms in total. The van der Waals surface area contributed by atoms with Crippen LogP contribution in [0.4, 0.5) is 0 Å². The van der Waals surface area contributed by atoms with Gasteiger partial charge in [-0.3, -0.25) is 14.4 Å². The van der Waals surface area contributed by atoms with Crippen LogP contribution in [0.3, 0.4) is 0 Å². The van der Waals surface area contributed by atoms with Crippen LogP contribution in [0.5, 0.6) is 0 Å². The van der Waals surface area contributed by atoms with Crippen LogP contribution in [0.25, 0.3) is 0 Å². The van der Waals surface area contributed by atoms with Crippen molar-refractivity contribution in [1.29, 1.82) is 0 Å². The van der Waals surface area contributed by atoms with Crippen molar-refractivity contribution in [3.8, 4) is 0 Å². The van der Waals surface area contributed by atoms with E-state index < -0.39 is 47.0 Å². The van der Waals surface area contributed by atoms with E-state index in [0.717, 1.165) is 0 Å². The van der Waals surface area contributed by atoms with Crippen molar-refractivity contribution < 1.29 is 33.8 Å². The topological polar surface area (TPSA) is 107 Å². The molecular weight excluding hydrogens is 460 g/mol. The number of aliphatic hydroxyl groups is 1. The number of Topliss-reactive ketones (excluding diaryl/α,β-unsaturated/α-hetero) is 2. The monoisotopic (exact) mass is 496 g/mol. The van der Waals surface area contributed by atoms with Crippen molar-refractivity contribution in [2.45, 2.75) is 72.2 Å². The third-order valence-electron chi connectivity index (χ3n) is 7.35. The van der Waals surface area contributed by atoms with Gasteiger partial charge in [0.2, 0.25) is 0 Å². The number of rotatable bonds is 3. The zero-order chi connectivity index (χ0) is 26.8. The Bertz CT molecular complexity index is 1080. The van der Waals surface area contributed by atoms with Gasteiger partial charge < -0.3 is 14.6 Å². The summed E-state index contributed by atoms with van der Waals surface area (Å²) in [5.41, 5.74) is -1.68. The first-order valence-electron chi connectivity index (χ1n) is 12.4. The second-order valence-electron chi connectivity index (χ2n) is 10.7. The van der Waals surface area contributed by atoms with Crippen molar-refractivity contribution in [2.75, 3.05) is 0 Å². The van der Waals surface area contributed by atoms with E-state index in [2.05, 4.69) is 0 Å². The number of fused-ring (bicyclic) bond motifs is 1. The van der Waals surface area contributed by atoms with Gasteiger partial charge in [0.1, 0.15) is 11.9 Å². The molecule has 1 fully saturated rings. The van der Waals surface area contributed by atoms with Gasteiger partial charge in [0.05, 0.1) is 17.6 Å². The molecule has 36 heavy (non-hydrogen) atoms. The quantitative estimate of drug-likeness (QED) is 0.493. The molecule has 0 heterocycles. The van der Waals surface area contributed by atoms with Gasteiger partial charge in [-0.25, -0.2) is 4.79 Å². The number of benzene rings is 1. The highest BCUT2D eigenvalue weighted by atomic mass is 16.6. The van der Waals surface area contributed by atoms with E-state index in [1.165, 1.54) is 6.92 Å². The van der Waals surface area contributed by atoms with Gasteiger partial charge in [0.15, 0.2) is 11.4 Å². The summed E-state index contributed by atoms with van der Waals surface area (Å²) in [5, 5.41) is 10.9. The largest absolute Gasteiger partial charge is 0.458 e. The van der Waals surface area contributed by atoms with Crippen LogP contribution < -0.4 is 0 Å². The molecular formula is C29H36O7. The third-order valence-corrected chi connectivity index (χ3v) is 7.35. The summed E-state index contributed by atoms with van der Waals surface area (Å²) < 4.78 is 11.8. The van der Waals surface area contributed by atoms with Crippen LogP contribution in [0.2, 0.25) is 0 Å². The lowest BCUT2D eigenvalue weighted by Gasteiger charge is -2.36. The Hall–Kier alpha value is -3.06. The van der Waals surface area contributed by atoms with Crippen molar-refractivity contribution >= 4 is 23.5 Å². The zero-order valence-electron chi connectivity index (χ0n) is 21.8. The summed E-state index contributed by atoms with van der Waals surface area (Å²) in [6.07, 6.45) is 3.12. The molecule has 0 radical (unpaired) electrons. The van der Waals surface area contributed by atoms with Gasteiger partial charge in [-0.2, -0.15) is 0 Å². The summed E-state index contributed by atoms with van der Waals surface area (Å²) in [6.45, 7) is 9.94. The predicted molar refractivity (Wildman–Crippen MR) is 134 cm³/mol. The normalized spacial score (nSPS) is 32.5.